The molecule has 0 bridgehead atoms. The summed E-state index contributed by atoms with van der Waals surface area (Å²) in [5, 5.41) is 5.24. The number of hydrogen-bond donors (Lipinski definition) is 2. The topological polar surface area (TPSA) is 97.0 Å². The molecule has 164 valence electrons. The van der Waals surface area contributed by atoms with Crippen molar-refractivity contribution in [2.24, 2.45) is 5.92 Å². The molecule has 2 N–H and O–H groups in total. The van der Waals surface area contributed by atoms with E-state index in [0.717, 1.165) is 12.8 Å². The fourth-order valence-corrected chi connectivity index (χ4v) is 3.35. The molecule has 2 aromatic carbocycles. The molecule has 0 unspecified atom stereocenters. The zero-order valence-electron chi connectivity index (χ0n) is 17.5. The maximum atomic E-state index is 12.3. The van der Waals surface area contributed by atoms with E-state index in [-0.39, 0.29) is 18.4 Å². The average Bonchev–Trinajstić information content (AvgIpc) is 2.82. The van der Waals surface area contributed by atoms with Gasteiger partial charge in [0, 0.05) is 31.4 Å². The number of benzene rings is 2. The lowest BCUT2D eigenvalue weighted by Crippen LogP contribution is -2.44. The maximum absolute atomic E-state index is 12.3. The van der Waals surface area contributed by atoms with Crippen LogP contribution in [0.1, 0.15) is 12.8 Å². The Morgan fingerprint density at radius 1 is 0.968 bits per heavy atom. The van der Waals surface area contributed by atoms with Crippen molar-refractivity contribution in [2.45, 2.75) is 12.8 Å². The van der Waals surface area contributed by atoms with Crippen LogP contribution < -0.4 is 20.1 Å². The minimum atomic E-state index is -0.723. The zero-order valence-corrected chi connectivity index (χ0v) is 17.5. The van der Waals surface area contributed by atoms with Crippen molar-refractivity contribution in [1.29, 1.82) is 0 Å². The van der Waals surface area contributed by atoms with Gasteiger partial charge in [-0.15, -0.1) is 0 Å². The highest BCUT2D eigenvalue weighted by molar-refractivity contribution is 6.39. The van der Waals surface area contributed by atoms with E-state index in [1.54, 1.807) is 29.2 Å². The molecular weight excluding hydrogens is 398 g/mol. The van der Waals surface area contributed by atoms with Gasteiger partial charge in [-0.1, -0.05) is 24.3 Å². The molecule has 0 radical (unpaired) electrons. The second-order valence-corrected chi connectivity index (χ2v) is 7.32. The Labute approximate surface area is 181 Å². The largest absolute Gasteiger partial charge is 0.497 e. The first-order valence-electron chi connectivity index (χ1n) is 10.2. The molecule has 0 saturated carbocycles. The van der Waals surface area contributed by atoms with Gasteiger partial charge < -0.3 is 25.0 Å². The van der Waals surface area contributed by atoms with Crippen molar-refractivity contribution in [2.75, 3.05) is 38.7 Å². The van der Waals surface area contributed by atoms with E-state index >= 15 is 0 Å². The molecule has 0 atom stereocenters. The number of piperidine rings is 1. The Balaban J connectivity index is 1.36. The molecule has 1 heterocycles. The van der Waals surface area contributed by atoms with E-state index in [2.05, 4.69) is 10.6 Å². The number of rotatable bonds is 7. The molecule has 1 saturated heterocycles. The van der Waals surface area contributed by atoms with E-state index in [4.69, 9.17) is 9.47 Å². The summed E-state index contributed by atoms with van der Waals surface area (Å²) >= 11 is 0. The minimum absolute atomic E-state index is 0.00978. The number of nitrogens with one attached hydrogen (secondary N) is 2. The normalized spacial score (nSPS) is 13.9. The van der Waals surface area contributed by atoms with Crippen molar-refractivity contribution in [3.63, 3.8) is 0 Å². The highest BCUT2D eigenvalue weighted by Gasteiger charge is 2.24. The van der Waals surface area contributed by atoms with Crippen LogP contribution in [0.3, 0.4) is 0 Å². The van der Waals surface area contributed by atoms with Gasteiger partial charge in [-0.3, -0.25) is 14.4 Å². The van der Waals surface area contributed by atoms with Crippen LogP contribution in [-0.4, -0.2) is 56.0 Å². The van der Waals surface area contributed by atoms with E-state index in [1.165, 1.54) is 7.11 Å². The number of carbonyl (C=O) groups is 3. The number of hydrogen-bond acceptors (Lipinski definition) is 5. The van der Waals surface area contributed by atoms with Crippen LogP contribution in [0.2, 0.25) is 0 Å². The lowest BCUT2D eigenvalue weighted by atomic mass is 9.96. The zero-order chi connectivity index (χ0) is 22.1. The van der Waals surface area contributed by atoms with Gasteiger partial charge in [0.2, 0.25) is 0 Å². The molecular formula is C23H27N3O5. The van der Waals surface area contributed by atoms with Crippen LogP contribution >= 0.6 is 0 Å². The summed E-state index contributed by atoms with van der Waals surface area (Å²) in [4.78, 5) is 38.3. The number of anilines is 1. The molecule has 1 fully saturated rings. The number of methoxy groups -OCH3 is 1. The molecule has 2 aromatic rings. The fraction of sp³-hybridized carbons (Fsp3) is 0.348. The summed E-state index contributed by atoms with van der Waals surface area (Å²) in [6.45, 7) is 1.61. The molecule has 1 aliphatic heterocycles. The summed E-state index contributed by atoms with van der Waals surface area (Å²) in [6, 6.07) is 16.0. The molecule has 8 nitrogen and oxygen atoms in total. The Bertz CT molecular complexity index is 895. The van der Waals surface area contributed by atoms with Crippen LogP contribution in [-0.2, 0) is 14.4 Å². The molecule has 3 amide bonds. The van der Waals surface area contributed by atoms with Gasteiger partial charge in [-0.25, -0.2) is 0 Å². The fourth-order valence-electron chi connectivity index (χ4n) is 3.35. The summed E-state index contributed by atoms with van der Waals surface area (Å²) in [5.41, 5.74) is 0.490. The standard InChI is InChI=1S/C23H27N3O5/c1-30-20-9-5-6-18(14-20)25-23(29)22(28)24-15-17-10-12-26(13-11-17)21(27)16-31-19-7-3-2-4-8-19/h2-9,14,17H,10-13,15-16H2,1H3,(H,24,28)(H,25,29). The van der Waals surface area contributed by atoms with Gasteiger partial charge >= 0.3 is 11.8 Å². The molecule has 3 rings (SSSR count). The molecule has 8 heteroatoms. The third-order valence-electron chi connectivity index (χ3n) is 5.16. The first-order valence-corrected chi connectivity index (χ1v) is 10.2. The number of nitrogens with zero attached hydrogens (tertiary/aromatic N) is 1. The molecule has 31 heavy (non-hydrogen) atoms. The van der Waals surface area contributed by atoms with Gasteiger partial charge in [0.15, 0.2) is 6.61 Å². The Morgan fingerprint density at radius 3 is 2.39 bits per heavy atom. The number of para-hydroxylation sites is 1. The predicted octanol–water partition coefficient (Wildman–Crippen LogP) is 2.07. The Kier molecular flexibility index (Phi) is 7.86. The molecule has 0 spiro atoms. The summed E-state index contributed by atoms with van der Waals surface area (Å²) in [7, 11) is 1.53. The summed E-state index contributed by atoms with van der Waals surface area (Å²) in [6.07, 6.45) is 1.52. The Hall–Kier alpha value is -3.55. The van der Waals surface area contributed by atoms with Gasteiger partial charge in [0.05, 0.1) is 7.11 Å². The second kappa shape index (κ2) is 11.0. The van der Waals surface area contributed by atoms with Crippen molar-refractivity contribution in [1.82, 2.24) is 10.2 Å². The minimum Gasteiger partial charge on any atom is -0.497 e. The van der Waals surface area contributed by atoms with E-state index < -0.39 is 11.8 Å². The van der Waals surface area contributed by atoms with Gasteiger partial charge in [-0.05, 0) is 43.0 Å². The number of amides is 3. The highest BCUT2D eigenvalue weighted by Crippen LogP contribution is 2.18. The molecule has 0 aliphatic carbocycles. The first kappa shape index (κ1) is 22.1. The van der Waals surface area contributed by atoms with Crippen molar-refractivity contribution in [3.8, 4) is 11.5 Å². The maximum Gasteiger partial charge on any atom is 0.313 e. The monoisotopic (exact) mass is 425 g/mol. The molecule has 1 aliphatic rings. The van der Waals surface area contributed by atoms with Crippen LogP contribution in [0.5, 0.6) is 11.5 Å². The third-order valence-corrected chi connectivity index (χ3v) is 5.16. The van der Waals surface area contributed by atoms with Crippen LogP contribution in [0, 0.1) is 5.92 Å². The van der Waals surface area contributed by atoms with Gasteiger partial charge in [0.1, 0.15) is 11.5 Å². The van der Waals surface area contributed by atoms with E-state index in [1.807, 2.05) is 30.3 Å². The first-order chi connectivity index (χ1) is 15.0. The van der Waals surface area contributed by atoms with Crippen molar-refractivity contribution < 1.29 is 23.9 Å². The highest BCUT2D eigenvalue weighted by atomic mass is 16.5. The number of likely N-dealkylation sites (tertiary alicyclic amines) is 1. The van der Waals surface area contributed by atoms with Crippen molar-refractivity contribution >= 4 is 23.4 Å². The van der Waals surface area contributed by atoms with Crippen LogP contribution in [0.25, 0.3) is 0 Å². The van der Waals surface area contributed by atoms with Crippen LogP contribution in [0.4, 0.5) is 5.69 Å². The third kappa shape index (κ3) is 6.74. The number of ether oxygens (including phenoxy) is 2. The smallest absolute Gasteiger partial charge is 0.313 e. The van der Waals surface area contributed by atoms with Crippen molar-refractivity contribution in [3.05, 3.63) is 54.6 Å². The summed E-state index contributed by atoms with van der Waals surface area (Å²) in [5.74, 6) is 0.0162. The second-order valence-electron chi connectivity index (χ2n) is 7.32. The summed E-state index contributed by atoms with van der Waals surface area (Å²) < 4.78 is 10.6. The van der Waals surface area contributed by atoms with E-state index in [0.29, 0.717) is 36.8 Å². The predicted molar refractivity (Wildman–Crippen MR) is 116 cm³/mol. The lowest BCUT2D eigenvalue weighted by molar-refractivity contribution is -0.136. The quantitative estimate of drug-likeness (QED) is 0.662. The van der Waals surface area contributed by atoms with E-state index in [9.17, 15) is 14.4 Å². The average molecular weight is 425 g/mol. The lowest BCUT2D eigenvalue weighted by Gasteiger charge is -2.32. The van der Waals surface area contributed by atoms with Gasteiger partial charge in [0.25, 0.3) is 5.91 Å². The van der Waals surface area contributed by atoms with Gasteiger partial charge in [-0.2, -0.15) is 0 Å². The van der Waals surface area contributed by atoms with Crippen LogP contribution in [0.15, 0.2) is 54.6 Å². The molecule has 0 aromatic heterocycles. The number of carbonyl (C=O) groups excluding carboxylic acids is 3. The SMILES string of the molecule is COc1cccc(NC(=O)C(=O)NCC2CCN(C(=O)COc3ccccc3)CC2)c1. The Morgan fingerprint density at radius 2 is 1.68 bits per heavy atom.